The van der Waals surface area contributed by atoms with Crippen molar-refractivity contribution >= 4 is 21.7 Å². The summed E-state index contributed by atoms with van der Waals surface area (Å²) in [4.78, 5) is 23.3. The summed E-state index contributed by atoms with van der Waals surface area (Å²) in [5.74, 6) is -0.641. The number of esters is 1. The highest BCUT2D eigenvalue weighted by Gasteiger charge is 2.21. The molecular formula is C12H15N3O5S. The molecule has 0 unspecified atom stereocenters. The highest BCUT2D eigenvalue weighted by molar-refractivity contribution is 7.88. The van der Waals surface area contributed by atoms with Crippen LogP contribution in [0.4, 0.5) is 0 Å². The van der Waals surface area contributed by atoms with Gasteiger partial charge >= 0.3 is 5.97 Å². The van der Waals surface area contributed by atoms with E-state index in [2.05, 4.69) is 9.84 Å². The quantitative estimate of drug-likeness (QED) is 0.700. The van der Waals surface area contributed by atoms with Crippen molar-refractivity contribution in [3.63, 3.8) is 0 Å². The third-order valence-electron chi connectivity index (χ3n) is 3.08. The van der Waals surface area contributed by atoms with Crippen molar-refractivity contribution in [2.75, 3.05) is 26.5 Å². The zero-order valence-corrected chi connectivity index (χ0v) is 12.5. The first-order chi connectivity index (χ1) is 9.82. The zero-order valence-electron chi connectivity index (χ0n) is 11.6. The third-order valence-corrected chi connectivity index (χ3v) is 4.35. The summed E-state index contributed by atoms with van der Waals surface area (Å²) in [7, 11) is -2.03. The molecule has 0 radical (unpaired) electrons. The van der Waals surface area contributed by atoms with E-state index in [1.165, 1.54) is 23.5 Å². The van der Waals surface area contributed by atoms with E-state index in [9.17, 15) is 18.0 Å². The summed E-state index contributed by atoms with van der Waals surface area (Å²) in [6, 6.07) is 2.51. The maximum Gasteiger partial charge on any atom is 0.358 e. The van der Waals surface area contributed by atoms with Crippen LogP contribution >= 0.6 is 0 Å². The van der Waals surface area contributed by atoms with Crippen molar-refractivity contribution in [2.24, 2.45) is 0 Å². The second kappa shape index (κ2) is 5.78. The molecule has 0 atom stereocenters. The molecule has 0 saturated heterocycles. The molecule has 1 aromatic heterocycles. The predicted octanol–water partition coefficient (Wildman–Crippen LogP) is -0.464. The fourth-order valence-electron chi connectivity index (χ4n) is 1.96. The van der Waals surface area contributed by atoms with Crippen molar-refractivity contribution in [1.29, 1.82) is 0 Å². The van der Waals surface area contributed by atoms with Crippen LogP contribution in [0.5, 0.6) is 0 Å². The van der Waals surface area contributed by atoms with Gasteiger partial charge in [-0.25, -0.2) is 17.9 Å². The minimum absolute atomic E-state index is 0.0172. The zero-order chi connectivity index (χ0) is 15.6. The molecule has 9 heteroatoms. The molecule has 0 fully saturated rings. The summed E-state index contributed by atoms with van der Waals surface area (Å²) in [5.41, 5.74) is 0.191. The molecule has 8 nitrogen and oxygen atoms in total. The van der Waals surface area contributed by atoms with Crippen LogP contribution in [0.15, 0.2) is 23.0 Å². The number of sulfonamides is 1. The van der Waals surface area contributed by atoms with Crippen LogP contribution < -0.4 is 5.56 Å². The highest BCUT2D eigenvalue weighted by Crippen LogP contribution is 2.15. The number of hydrogen-bond donors (Lipinski definition) is 0. The average molecular weight is 313 g/mol. The number of carbonyl (C=O) groups excluding carboxylic acids is 1. The largest absolute Gasteiger partial charge is 0.464 e. The van der Waals surface area contributed by atoms with E-state index in [0.29, 0.717) is 12.1 Å². The van der Waals surface area contributed by atoms with Crippen molar-refractivity contribution in [2.45, 2.75) is 6.42 Å². The summed E-state index contributed by atoms with van der Waals surface area (Å²) in [6.07, 6.45) is 3.08. The van der Waals surface area contributed by atoms with Crippen LogP contribution in [0.25, 0.3) is 5.70 Å². The molecule has 1 aliphatic heterocycles. The van der Waals surface area contributed by atoms with Gasteiger partial charge in [0, 0.05) is 31.3 Å². The van der Waals surface area contributed by atoms with Crippen molar-refractivity contribution in [1.82, 2.24) is 14.1 Å². The molecule has 1 aliphatic rings. The van der Waals surface area contributed by atoms with E-state index in [0.717, 1.165) is 10.9 Å². The number of methoxy groups -OCH3 is 1. The third kappa shape index (κ3) is 3.37. The number of ether oxygens (including phenoxy) is 1. The Labute approximate surface area is 121 Å². The van der Waals surface area contributed by atoms with Gasteiger partial charge in [0.2, 0.25) is 10.0 Å². The van der Waals surface area contributed by atoms with Crippen LogP contribution in [0.3, 0.4) is 0 Å². The SMILES string of the molecule is COC(=O)c1ccc(=O)n(C2=CCN(S(C)(=O)=O)CC2)n1. The van der Waals surface area contributed by atoms with E-state index < -0.39 is 16.0 Å². The monoisotopic (exact) mass is 313 g/mol. The van der Waals surface area contributed by atoms with Crippen molar-refractivity contribution in [3.8, 4) is 0 Å². The van der Waals surface area contributed by atoms with Gasteiger partial charge in [-0.1, -0.05) is 0 Å². The fourth-order valence-corrected chi connectivity index (χ4v) is 2.73. The van der Waals surface area contributed by atoms with E-state index in [1.54, 1.807) is 6.08 Å². The Morgan fingerprint density at radius 1 is 1.38 bits per heavy atom. The Balaban J connectivity index is 2.33. The summed E-state index contributed by atoms with van der Waals surface area (Å²) in [5, 5.41) is 3.95. The van der Waals surface area contributed by atoms with Crippen LogP contribution in [0.1, 0.15) is 16.9 Å². The molecule has 21 heavy (non-hydrogen) atoms. The Hall–Kier alpha value is -2.00. The number of hydrogen-bond acceptors (Lipinski definition) is 6. The first kappa shape index (κ1) is 15.4. The second-order valence-electron chi connectivity index (χ2n) is 4.53. The molecule has 114 valence electrons. The van der Waals surface area contributed by atoms with Gasteiger partial charge in [-0.15, -0.1) is 0 Å². The van der Waals surface area contributed by atoms with Gasteiger partial charge in [0.05, 0.1) is 13.4 Å². The molecule has 0 amide bonds. The number of nitrogens with zero attached hydrogens (tertiary/aromatic N) is 3. The smallest absolute Gasteiger partial charge is 0.358 e. The second-order valence-corrected chi connectivity index (χ2v) is 6.51. The molecule has 1 aromatic rings. The Bertz CT molecular complexity index is 750. The van der Waals surface area contributed by atoms with Crippen LogP contribution in [0, 0.1) is 0 Å². The van der Waals surface area contributed by atoms with Crippen LogP contribution in [-0.4, -0.2) is 54.9 Å². The first-order valence-electron chi connectivity index (χ1n) is 6.16. The van der Waals surface area contributed by atoms with Crippen LogP contribution in [-0.2, 0) is 14.8 Å². The lowest BCUT2D eigenvalue weighted by atomic mass is 10.2. The molecule has 2 rings (SSSR count). The fraction of sp³-hybridized carbons (Fsp3) is 0.417. The van der Waals surface area contributed by atoms with Gasteiger partial charge in [0.15, 0.2) is 5.69 Å². The Kier molecular flexibility index (Phi) is 4.24. The van der Waals surface area contributed by atoms with Gasteiger partial charge in [0.25, 0.3) is 5.56 Å². The minimum atomic E-state index is -3.26. The topological polar surface area (TPSA) is 98.6 Å². The normalized spacial score (nSPS) is 16.4. The standard InChI is InChI=1S/C12H15N3O5S/c1-20-12(17)10-3-4-11(16)15(13-10)9-5-7-14(8-6-9)21(2,18)19/h3-5H,6-8H2,1-2H3. The number of rotatable bonds is 3. The number of aromatic nitrogens is 2. The van der Waals surface area contributed by atoms with Gasteiger partial charge in [-0.2, -0.15) is 9.40 Å². The minimum Gasteiger partial charge on any atom is -0.464 e. The molecule has 0 aliphatic carbocycles. The van der Waals surface area contributed by atoms with E-state index in [-0.39, 0.29) is 24.3 Å². The molecule has 0 N–H and O–H groups in total. The van der Waals surface area contributed by atoms with E-state index in [1.807, 2.05) is 0 Å². The predicted molar refractivity (Wildman–Crippen MR) is 75.1 cm³/mol. The van der Waals surface area contributed by atoms with E-state index in [4.69, 9.17) is 0 Å². The van der Waals surface area contributed by atoms with Gasteiger partial charge in [0.1, 0.15) is 0 Å². The Morgan fingerprint density at radius 2 is 2.10 bits per heavy atom. The van der Waals surface area contributed by atoms with Crippen molar-refractivity contribution in [3.05, 3.63) is 34.3 Å². The maximum absolute atomic E-state index is 11.8. The molecular weight excluding hydrogens is 298 g/mol. The number of carbonyl (C=O) groups is 1. The average Bonchev–Trinajstić information content (AvgIpc) is 2.46. The molecule has 0 spiro atoms. The highest BCUT2D eigenvalue weighted by atomic mass is 32.2. The van der Waals surface area contributed by atoms with Crippen LogP contribution in [0.2, 0.25) is 0 Å². The summed E-state index contributed by atoms with van der Waals surface area (Å²) < 4.78 is 29.8. The molecule has 2 heterocycles. The lowest BCUT2D eigenvalue weighted by molar-refractivity contribution is 0.0591. The Morgan fingerprint density at radius 3 is 2.62 bits per heavy atom. The van der Waals surface area contributed by atoms with E-state index >= 15 is 0 Å². The molecule has 0 aromatic carbocycles. The maximum atomic E-state index is 11.8. The first-order valence-corrected chi connectivity index (χ1v) is 8.01. The van der Waals surface area contributed by atoms with Gasteiger partial charge < -0.3 is 4.74 Å². The van der Waals surface area contributed by atoms with Crippen molar-refractivity contribution < 1.29 is 17.9 Å². The molecule has 0 bridgehead atoms. The summed E-state index contributed by atoms with van der Waals surface area (Å²) in [6.45, 7) is 0.436. The van der Waals surface area contributed by atoms with Gasteiger partial charge in [-0.3, -0.25) is 4.79 Å². The lowest BCUT2D eigenvalue weighted by Gasteiger charge is -2.24. The molecule has 0 saturated carbocycles. The summed E-state index contributed by atoms with van der Waals surface area (Å²) >= 11 is 0. The van der Waals surface area contributed by atoms with Gasteiger partial charge in [-0.05, 0) is 12.1 Å². The lowest BCUT2D eigenvalue weighted by Crippen LogP contribution is -2.36.